The number of rotatable bonds is 0. The van der Waals surface area contributed by atoms with E-state index in [0.717, 1.165) is 54.5 Å². The topological polar surface area (TPSA) is 26.3 Å². The van der Waals surface area contributed by atoms with Gasteiger partial charge in [-0.1, -0.05) is 0 Å². The van der Waals surface area contributed by atoms with E-state index in [9.17, 15) is 4.79 Å². The van der Waals surface area contributed by atoms with Gasteiger partial charge >= 0.3 is 5.97 Å². The fraction of sp³-hybridized carbons (Fsp3) is 0.933. The van der Waals surface area contributed by atoms with Crippen molar-refractivity contribution in [2.45, 2.75) is 32.1 Å². The Morgan fingerprint density at radius 2 is 1.59 bits per heavy atom. The summed E-state index contributed by atoms with van der Waals surface area (Å²) in [5, 5.41) is 0. The zero-order valence-electron chi connectivity index (χ0n) is 10.2. The fourth-order valence-corrected chi connectivity index (χ4v) is 6.82. The summed E-state index contributed by atoms with van der Waals surface area (Å²) in [6.07, 6.45) is 6.71. The molecule has 0 N–H and O–H groups in total. The number of carbonyl (C=O) groups is 1. The largest absolute Gasteiger partial charge is 0.465 e. The lowest BCUT2D eigenvalue weighted by Crippen LogP contribution is -2.43. The van der Waals surface area contributed by atoms with Crippen molar-refractivity contribution in [1.82, 2.24) is 0 Å². The third-order valence-corrected chi connectivity index (χ3v) is 7.07. The number of hydrogen-bond donors (Lipinski definition) is 0. The highest BCUT2D eigenvalue weighted by Gasteiger charge is 2.66. The molecule has 1 saturated heterocycles. The van der Waals surface area contributed by atoms with Crippen LogP contribution in [0.2, 0.25) is 0 Å². The van der Waals surface area contributed by atoms with Crippen LogP contribution in [0.5, 0.6) is 0 Å². The molecule has 1 heterocycles. The van der Waals surface area contributed by atoms with Crippen molar-refractivity contribution in [3.63, 3.8) is 0 Å². The van der Waals surface area contributed by atoms with E-state index in [1.807, 2.05) is 0 Å². The van der Waals surface area contributed by atoms with E-state index in [0.29, 0.717) is 5.92 Å². The minimum Gasteiger partial charge on any atom is -0.465 e. The van der Waals surface area contributed by atoms with Gasteiger partial charge in [0, 0.05) is 6.42 Å². The number of cyclic esters (lactones) is 1. The Kier molecular flexibility index (Phi) is 1.60. The third kappa shape index (κ3) is 0.982. The predicted octanol–water partition coefficient (Wildman–Crippen LogP) is 2.48. The molecule has 0 aromatic heterocycles. The predicted molar refractivity (Wildman–Crippen MR) is 62.0 cm³/mol. The first-order chi connectivity index (χ1) is 8.33. The fourth-order valence-electron chi connectivity index (χ4n) is 6.82. The first-order valence-electron chi connectivity index (χ1n) is 7.48. The van der Waals surface area contributed by atoms with Crippen molar-refractivity contribution in [2.75, 3.05) is 6.61 Å². The molecular formula is C15H20O2. The average Bonchev–Trinajstić information content (AvgIpc) is 3.06. The maximum atomic E-state index is 11.5. The number of ether oxygens (including phenoxy) is 1. The summed E-state index contributed by atoms with van der Waals surface area (Å²) in [4.78, 5) is 11.5. The molecule has 0 amide bonds. The monoisotopic (exact) mass is 232 g/mol. The maximum Gasteiger partial charge on any atom is 0.306 e. The number of hydrogen-bond acceptors (Lipinski definition) is 2. The van der Waals surface area contributed by atoms with Gasteiger partial charge in [-0.05, 0) is 73.0 Å². The third-order valence-electron chi connectivity index (χ3n) is 7.07. The maximum absolute atomic E-state index is 11.5. The van der Waals surface area contributed by atoms with E-state index in [2.05, 4.69) is 0 Å². The molecule has 2 nitrogen and oxygen atoms in total. The molecule has 4 aliphatic carbocycles. The second kappa shape index (κ2) is 2.89. The van der Waals surface area contributed by atoms with E-state index < -0.39 is 0 Å². The van der Waals surface area contributed by atoms with Crippen molar-refractivity contribution in [1.29, 1.82) is 0 Å². The zero-order valence-corrected chi connectivity index (χ0v) is 10.2. The molecule has 8 unspecified atom stereocenters. The average molecular weight is 232 g/mol. The standard InChI is InChI=1S/C15H20O2/c16-13-5-9-10-4-11(12(9)6-17-13)15-8-2-1-7(3-8)14(10)15/h7-12,14-15H,1-6H2. The van der Waals surface area contributed by atoms with Crippen LogP contribution in [0.25, 0.3) is 0 Å². The molecule has 5 aliphatic rings. The highest BCUT2D eigenvalue weighted by Crippen LogP contribution is 2.71. The molecule has 0 aromatic rings. The molecule has 92 valence electrons. The molecule has 0 spiro atoms. The minimum atomic E-state index is 0.0820. The van der Waals surface area contributed by atoms with Gasteiger partial charge in [0.2, 0.25) is 0 Å². The number of carbonyl (C=O) groups excluding carboxylic acids is 1. The lowest BCUT2D eigenvalue weighted by atomic mass is 9.62. The van der Waals surface area contributed by atoms with Crippen LogP contribution >= 0.6 is 0 Å². The normalized spacial score (nSPS) is 62.5. The molecule has 4 saturated carbocycles. The summed E-state index contributed by atoms with van der Waals surface area (Å²) in [5.41, 5.74) is 0. The first-order valence-corrected chi connectivity index (χ1v) is 7.48. The zero-order chi connectivity index (χ0) is 11.1. The van der Waals surface area contributed by atoms with Gasteiger partial charge in [-0.15, -0.1) is 0 Å². The Hall–Kier alpha value is -0.530. The molecule has 1 aliphatic heterocycles. The van der Waals surface area contributed by atoms with Gasteiger partial charge in [-0.3, -0.25) is 4.79 Å². The number of esters is 1. The van der Waals surface area contributed by atoms with Crippen LogP contribution in [0.15, 0.2) is 0 Å². The van der Waals surface area contributed by atoms with Crippen LogP contribution in [0, 0.1) is 47.3 Å². The van der Waals surface area contributed by atoms with E-state index in [1.54, 1.807) is 0 Å². The van der Waals surface area contributed by atoms with E-state index in [-0.39, 0.29) is 5.97 Å². The lowest BCUT2D eigenvalue weighted by Gasteiger charge is -2.44. The van der Waals surface area contributed by atoms with Crippen LogP contribution in [0.3, 0.4) is 0 Å². The summed E-state index contributed by atoms with van der Waals surface area (Å²) < 4.78 is 5.33. The smallest absolute Gasteiger partial charge is 0.306 e. The SMILES string of the molecule is O=C1CC2C(CO1)C1CC2C2C3CCC(C3)C12. The first kappa shape index (κ1) is 9.41. The molecule has 4 bridgehead atoms. The minimum absolute atomic E-state index is 0.0820. The second-order valence-corrected chi connectivity index (χ2v) is 7.27. The van der Waals surface area contributed by atoms with E-state index in [4.69, 9.17) is 4.74 Å². The van der Waals surface area contributed by atoms with E-state index in [1.165, 1.54) is 25.7 Å². The van der Waals surface area contributed by atoms with Crippen LogP contribution in [0.4, 0.5) is 0 Å². The Balaban J connectivity index is 1.53. The van der Waals surface area contributed by atoms with Crippen LogP contribution in [-0.4, -0.2) is 12.6 Å². The van der Waals surface area contributed by atoms with Gasteiger partial charge in [0.1, 0.15) is 0 Å². The van der Waals surface area contributed by atoms with Crippen molar-refractivity contribution in [3.8, 4) is 0 Å². The summed E-state index contributed by atoms with van der Waals surface area (Å²) in [5.74, 6) is 7.52. The van der Waals surface area contributed by atoms with Gasteiger partial charge < -0.3 is 4.74 Å². The summed E-state index contributed by atoms with van der Waals surface area (Å²) in [7, 11) is 0. The highest BCUT2D eigenvalue weighted by molar-refractivity contribution is 5.70. The summed E-state index contributed by atoms with van der Waals surface area (Å²) >= 11 is 0. The summed E-state index contributed by atoms with van der Waals surface area (Å²) in [6.45, 7) is 0.755. The molecule has 5 rings (SSSR count). The molecule has 8 atom stereocenters. The van der Waals surface area contributed by atoms with Crippen molar-refractivity contribution >= 4 is 5.97 Å². The van der Waals surface area contributed by atoms with Crippen LogP contribution < -0.4 is 0 Å². The molecule has 0 aromatic carbocycles. The van der Waals surface area contributed by atoms with Gasteiger partial charge in [0.25, 0.3) is 0 Å². The molecule has 5 fully saturated rings. The Morgan fingerprint density at radius 1 is 0.882 bits per heavy atom. The molecular weight excluding hydrogens is 212 g/mol. The van der Waals surface area contributed by atoms with Gasteiger partial charge in [0.15, 0.2) is 0 Å². The quantitative estimate of drug-likeness (QED) is 0.474. The van der Waals surface area contributed by atoms with Crippen LogP contribution in [-0.2, 0) is 9.53 Å². The van der Waals surface area contributed by atoms with Crippen molar-refractivity contribution in [3.05, 3.63) is 0 Å². The Bertz CT molecular complexity index is 390. The molecule has 2 heteroatoms. The van der Waals surface area contributed by atoms with Gasteiger partial charge in [0.05, 0.1) is 6.61 Å². The van der Waals surface area contributed by atoms with Gasteiger partial charge in [-0.2, -0.15) is 0 Å². The van der Waals surface area contributed by atoms with Crippen LogP contribution in [0.1, 0.15) is 32.1 Å². The van der Waals surface area contributed by atoms with Crippen molar-refractivity contribution in [2.24, 2.45) is 47.3 Å². The van der Waals surface area contributed by atoms with Gasteiger partial charge in [-0.25, -0.2) is 0 Å². The molecule has 0 radical (unpaired) electrons. The number of fused-ring (bicyclic) bond motifs is 12. The highest BCUT2D eigenvalue weighted by atomic mass is 16.5. The second-order valence-electron chi connectivity index (χ2n) is 7.27. The Morgan fingerprint density at radius 3 is 2.35 bits per heavy atom. The lowest BCUT2D eigenvalue weighted by molar-refractivity contribution is -0.157. The van der Waals surface area contributed by atoms with E-state index >= 15 is 0 Å². The molecule has 17 heavy (non-hydrogen) atoms. The Labute approximate surface area is 102 Å². The van der Waals surface area contributed by atoms with Crippen molar-refractivity contribution < 1.29 is 9.53 Å². The summed E-state index contributed by atoms with van der Waals surface area (Å²) in [6, 6.07) is 0.